The van der Waals surface area contributed by atoms with E-state index in [4.69, 9.17) is 0 Å². The minimum Gasteiger partial charge on any atom is -0.384 e. The van der Waals surface area contributed by atoms with Gasteiger partial charge in [0.05, 0.1) is 0 Å². The Balaban J connectivity index is 2.21. The molecular weight excluding hydrogens is 259 g/mol. The van der Waals surface area contributed by atoms with E-state index in [1.165, 1.54) is 6.07 Å². The number of halogens is 1. The molecular formula is C16H13FOS. The molecule has 1 atom stereocenters. The van der Waals surface area contributed by atoms with Gasteiger partial charge < -0.3 is 5.11 Å². The van der Waals surface area contributed by atoms with E-state index >= 15 is 0 Å². The van der Waals surface area contributed by atoms with Gasteiger partial charge in [-0.2, -0.15) is 11.3 Å². The summed E-state index contributed by atoms with van der Waals surface area (Å²) in [7, 11) is 0. The van der Waals surface area contributed by atoms with Crippen LogP contribution in [0.25, 0.3) is 10.8 Å². The lowest BCUT2D eigenvalue weighted by Gasteiger charge is -2.14. The van der Waals surface area contributed by atoms with Crippen LogP contribution in [0.3, 0.4) is 0 Å². The van der Waals surface area contributed by atoms with Crippen molar-refractivity contribution in [3.05, 3.63) is 69.7 Å². The van der Waals surface area contributed by atoms with Crippen LogP contribution in [-0.4, -0.2) is 5.11 Å². The molecule has 0 amide bonds. The minimum absolute atomic E-state index is 0.256. The molecule has 2 aromatic carbocycles. The molecule has 3 rings (SSSR count). The van der Waals surface area contributed by atoms with Crippen molar-refractivity contribution in [2.75, 3.05) is 0 Å². The van der Waals surface area contributed by atoms with Gasteiger partial charge in [-0.3, -0.25) is 0 Å². The molecule has 19 heavy (non-hydrogen) atoms. The smallest absolute Gasteiger partial charge is 0.131 e. The molecule has 0 fully saturated rings. The average molecular weight is 272 g/mol. The number of hydrogen-bond acceptors (Lipinski definition) is 2. The second-order valence-corrected chi connectivity index (χ2v) is 5.34. The Kier molecular flexibility index (Phi) is 3.09. The highest BCUT2D eigenvalue weighted by molar-refractivity contribution is 7.08. The number of hydrogen-bond donors (Lipinski definition) is 1. The molecule has 0 saturated heterocycles. The van der Waals surface area contributed by atoms with Crippen molar-refractivity contribution in [2.24, 2.45) is 0 Å². The van der Waals surface area contributed by atoms with Gasteiger partial charge in [0.25, 0.3) is 0 Å². The van der Waals surface area contributed by atoms with Gasteiger partial charge in [0.2, 0.25) is 0 Å². The van der Waals surface area contributed by atoms with Crippen molar-refractivity contribution in [1.82, 2.24) is 0 Å². The van der Waals surface area contributed by atoms with E-state index in [1.54, 1.807) is 29.5 Å². The molecule has 1 heterocycles. The molecule has 1 aromatic heterocycles. The topological polar surface area (TPSA) is 20.2 Å². The van der Waals surface area contributed by atoms with Gasteiger partial charge in [0.1, 0.15) is 11.9 Å². The van der Waals surface area contributed by atoms with E-state index in [-0.39, 0.29) is 5.82 Å². The molecule has 0 bridgehead atoms. The van der Waals surface area contributed by atoms with E-state index < -0.39 is 6.10 Å². The molecule has 0 spiro atoms. The zero-order valence-corrected chi connectivity index (χ0v) is 11.2. The Labute approximate surface area is 115 Å². The quantitative estimate of drug-likeness (QED) is 0.731. The largest absolute Gasteiger partial charge is 0.384 e. The number of aryl methyl sites for hydroxylation is 1. The van der Waals surface area contributed by atoms with Crippen LogP contribution in [0.5, 0.6) is 0 Å². The maximum Gasteiger partial charge on any atom is 0.131 e. The Morgan fingerprint density at radius 3 is 2.42 bits per heavy atom. The highest BCUT2D eigenvalue weighted by Crippen LogP contribution is 2.32. The highest BCUT2D eigenvalue weighted by atomic mass is 32.1. The van der Waals surface area contributed by atoms with Crippen molar-refractivity contribution in [1.29, 1.82) is 0 Å². The third-order valence-corrected chi connectivity index (χ3v) is 4.27. The lowest BCUT2D eigenvalue weighted by molar-refractivity contribution is 0.221. The summed E-state index contributed by atoms with van der Waals surface area (Å²) in [5.74, 6) is -0.256. The summed E-state index contributed by atoms with van der Waals surface area (Å²) in [6, 6.07) is 10.3. The van der Waals surface area contributed by atoms with Crippen LogP contribution in [-0.2, 0) is 0 Å². The summed E-state index contributed by atoms with van der Waals surface area (Å²) >= 11 is 1.56. The van der Waals surface area contributed by atoms with Crippen molar-refractivity contribution in [3.63, 3.8) is 0 Å². The van der Waals surface area contributed by atoms with E-state index in [9.17, 15) is 9.50 Å². The number of benzene rings is 2. The average Bonchev–Trinajstić information content (AvgIpc) is 2.85. The molecule has 0 aliphatic heterocycles. The fourth-order valence-electron chi connectivity index (χ4n) is 2.34. The second-order valence-electron chi connectivity index (χ2n) is 4.59. The van der Waals surface area contributed by atoms with Gasteiger partial charge >= 0.3 is 0 Å². The zero-order valence-electron chi connectivity index (χ0n) is 10.4. The van der Waals surface area contributed by atoms with Crippen LogP contribution < -0.4 is 0 Å². The molecule has 1 unspecified atom stereocenters. The van der Waals surface area contributed by atoms with Gasteiger partial charge in [-0.1, -0.05) is 30.3 Å². The van der Waals surface area contributed by atoms with Crippen LogP contribution in [0.2, 0.25) is 0 Å². The van der Waals surface area contributed by atoms with E-state index in [0.29, 0.717) is 5.39 Å². The SMILES string of the molecule is Cc1cscc1C(O)c1ccc(F)c2ccccc12. The van der Waals surface area contributed by atoms with Gasteiger partial charge in [-0.05, 0) is 45.8 Å². The third-order valence-electron chi connectivity index (χ3n) is 3.39. The van der Waals surface area contributed by atoms with E-state index in [0.717, 1.165) is 22.1 Å². The highest BCUT2D eigenvalue weighted by Gasteiger charge is 2.17. The normalized spacial score (nSPS) is 12.8. The van der Waals surface area contributed by atoms with Gasteiger partial charge in [-0.15, -0.1) is 0 Å². The molecule has 0 aliphatic carbocycles. The first kappa shape index (κ1) is 12.3. The molecule has 1 nitrogen and oxygen atoms in total. The van der Waals surface area contributed by atoms with Gasteiger partial charge in [-0.25, -0.2) is 4.39 Å². The summed E-state index contributed by atoms with van der Waals surface area (Å²) < 4.78 is 13.8. The van der Waals surface area contributed by atoms with Crippen molar-refractivity contribution >= 4 is 22.1 Å². The standard InChI is InChI=1S/C16H13FOS/c1-10-8-19-9-14(10)16(18)13-6-7-15(17)12-5-3-2-4-11(12)13/h2-9,16,18H,1H3. The van der Waals surface area contributed by atoms with E-state index in [1.807, 2.05) is 29.8 Å². The molecule has 0 saturated carbocycles. The van der Waals surface area contributed by atoms with Gasteiger partial charge in [0, 0.05) is 5.39 Å². The number of fused-ring (bicyclic) bond motifs is 1. The number of aliphatic hydroxyl groups is 1. The molecule has 1 N–H and O–H groups in total. The molecule has 0 radical (unpaired) electrons. The van der Waals surface area contributed by atoms with E-state index in [2.05, 4.69) is 0 Å². The molecule has 0 aliphatic rings. The summed E-state index contributed by atoms with van der Waals surface area (Å²) in [5.41, 5.74) is 2.70. The maximum absolute atomic E-state index is 13.8. The Morgan fingerprint density at radius 2 is 1.74 bits per heavy atom. The van der Waals surface area contributed by atoms with Crippen LogP contribution >= 0.6 is 11.3 Å². The molecule has 3 heteroatoms. The predicted octanol–water partition coefficient (Wildman–Crippen LogP) is 4.43. The van der Waals surface area contributed by atoms with Crippen LogP contribution in [0.15, 0.2) is 47.2 Å². The summed E-state index contributed by atoms with van der Waals surface area (Å²) in [6.45, 7) is 1.97. The second kappa shape index (κ2) is 4.76. The Bertz CT molecular complexity index is 732. The predicted molar refractivity (Wildman–Crippen MR) is 77.0 cm³/mol. The maximum atomic E-state index is 13.8. The fraction of sp³-hybridized carbons (Fsp3) is 0.125. The summed E-state index contributed by atoms with van der Waals surface area (Å²) in [5, 5.41) is 15.8. The lowest BCUT2D eigenvalue weighted by atomic mass is 9.95. The third kappa shape index (κ3) is 2.05. The number of rotatable bonds is 2. The van der Waals surface area contributed by atoms with Crippen LogP contribution in [0.4, 0.5) is 4.39 Å². The van der Waals surface area contributed by atoms with Crippen molar-refractivity contribution in [2.45, 2.75) is 13.0 Å². The Hall–Kier alpha value is -1.71. The first-order valence-electron chi connectivity index (χ1n) is 6.06. The number of thiophene rings is 1. The summed E-state index contributed by atoms with van der Waals surface area (Å²) in [4.78, 5) is 0. The number of aliphatic hydroxyl groups excluding tert-OH is 1. The minimum atomic E-state index is -0.711. The molecule has 96 valence electrons. The van der Waals surface area contributed by atoms with Crippen LogP contribution in [0.1, 0.15) is 22.8 Å². The monoisotopic (exact) mass is 272 g/mol. The summed E-state index contributed by atoms with van der Waals surface area (Å²) in [6.07, 6.45) is -0.711. The first-order chi connectivity index (χ1) is 9.18. The van der Waals surface area contributed by atoms with Crippen molar-refractivity contribution < 1.29 is 9.50 Å². The molecule has 3 aromatic rings. The van der Waals surface area contributed by atoms with Crippen molar-refractivity contribution in [3.8, 4) is 0 Å². The van der Waals surface area contributed by atoms with Crippen LogP contribution in [0, 0.1) is 12.7 Å². The fourth-order valence-corrected chi connectivity index (χ4v) is 3.21. The van der Waals surface area contributed by atoms with Gasteiger partial charge in [0.15, 0.2) is 0 Å². The Morgan fingerprint density at radius 1 is 1.00 bits per heavy atom. The zero-order chi connectivity index (χ0) is 13.4. The first-order valence-corrected chi connectivity index (χ1v) is 7.00. The lowest BCUT2D eigenvalue weighted by Crippen LogP contribution is -2.01.